The summed E-state index contributed by atoms with van der Waals surface area (Å²) in [5.74, 6) is -7.87. The van der Waals surface area contributed by atoms with Crippen molar-refractivity contribution in [2.45, 2.75) is 156 Å². The lowest BCUT2D eigenvalue weighted by Gasteiger charge is -2.42. The Morgan fingerprint density at radius 3 is 2.03 bits per heavy atom. The third-order valence-electron chi connectivity index (χ3n) is 11.5. The Morgan fingerprint density at radius 1 is 0.847 bits per heavy atom. The predicted molar refractivity (Wildman–Crippen MR) is 207 cm³/mol. The van der Waals surface area contributed by atoms with Gasteiger partial charge in [-0.05, 0) is 83.5 Å². The van der Waals surface area contributed by atoms with Gasteiger partial charge in [0.1, 0.15) is 30.3 Å². The summed E-state index contributed by atoms with van der Waals surface area (Å²) in [6, 6.07) is -7.49. The number of ether oxygens (including phenoxy) is 2. The van der Waals surface area contributed by atoms with Crippen LogP contribution in [0.4, 0.5) is 0 Å². The number of fused-ring (bicyclic) bond motifs is 2. The maximum absolute atomic E-state index is 14.9. The minimum absolute atomic E-state index is 0.0390. The van der Waals surface area contributed by atoms with Crippen LogP contribution in [-0.2, 0) is 52.7 Å². The average molecular weight is 837 g/mol. The van der Waals surface area contributed by atoms with Crippen LogP contribution in [-0.4, -0.2) is 141 Å². The van der Waals surface area contributed by atoms with Gasteiger partial charge < -0.3 is 24.9 Å². The third kappa shape index (κ3) is 11.5. The van der Waals surface area contributed by atoms with Gasteiger partial charge in [0.2, 0.25) is 11.8 Å². The number of nitrogens with zero attached hydrogens (tertiary/aromatic N) is 4. The second kappa shape index (κ2) is 20.7. The quantitative estimate of drug-likeness (QED) is 0.172. The molecule has 0 aromatic carbocycles. The highest BCUT2D eigenvalue weighted by Crippen LogP contribution is 2.33. The van der Waals surface area contributed by atoms with Gasteiger partial charge in [0.05, 0.1) is 24.7 Å². The fraction of sp³-hybridized carbons (Fsp3) is 0.795. The number of hydrogen-bond donors (Lipinski definition) is 5. The lowest BCUT2D eigenvalue weighted by molar-refractivity contribution is -0.210. The van der Waals surface area contributed by atoms with Crippen LogP contribution in [0.5, 0.6) is 0 Å². The van der Waals surface area contributed by atoms with Crippen molar-refractivity contribution >= 4 is 47.4 Å². The number of hydrogen-bond acceptors (Lipinski definition) is 14. The van der Waals surface area contributed by atoms with Gasteiger partial charge in [-0.15, -0.1) is 0 Å². The number of hydroxylamine groups is 4. The zero-order chi connectivity index (χ0) is 43.9. The van der Waals surface area contributed by atoms with Gasteiger partial charge in [-0.3, -0.25) is 48.8 Å². The smallest absolute Gasteiger partial charge is 0.331 e. The fourth-order valence-electron chi connectivity index (χ4n) is 8.04. The van der Waals surface area contributed by atoms with E-state index in [0.29, 0.717) is 36.2 Å². The molecule has 4 rings (SSSR count). The van der Waals surface area contributed by atoms with E-state index in [4.69, 9.17) is 14.3 Å². The van der Waals surface area contributed by atoms with Crippen molar-refractivity contribution in [1.29, 1.82) is 0 Å². The zero-order valence-electron chi connectivity index (χ0n) is 35.7. The molecule has 4 aliphatic heterocycles. The van der Waals surface area contributed by atoms with E-state index in [1.54, 1.807) is 20.8 Å². The maximum atomic E-state index is 14.9. The van der Waals surface area contributed by atoms with E-state index in [0.717, 1.165) is 29.8 Å². The van der Waals surface area contributed by atoms with E-state index in [-0.39, 0.29) is 37.1 Å². The van der Waals surface area contributed by atoms with E-state index in [9.17, 15) is 43.6 Å². The molecule has 332 valence electrons. The Kier molecular flexibility index (Phi) is 16.6. The number of rotatable bonds is 7. The van der Waals surface area contributed by atoms with E-state index in [2.05, 4.69) is 35.3 Å². The molecular formula is C39H64N8O12. The average Bonchev–Trinajstić information content (AvgIpc) is 3.20. The Hall–Kier alpha value is -4.40. The summed E-state index contributed by atoms with van der Waals surface area (Å²) in [4.78, 5) is 115. The standard InChI is InChI=1S/C39H64N8O12/c1-20(2)18-27-14-15-30(57-25(27)8)22(5)34(50)43-32-33(21(3)4)58-39(55)24(7)46(56)36(52)28-12-10-16-41-44(28)31(49)19-40-35(51)23(6)47(59-26(9)48)37(53)29-13-11-17-42-45(29)38(32)54/h20-25,27-30,32-33,41-42,56H,10-19H2,1-9H3,(H,40,51)(H,43,50). The van der Waals surface area contributed by atoms with Crippen LogP contribution >= 0.6 is 0 Å². The normalized spacial score (nSPS) is 31.7. The molecule has 0 aliphatic carbocycles. The van der Waals surface area contributed by atoms with Gasteiger partial charge in [0.15, 0.2) is 6.04 Å². The van der Waals surface area contributed by atoms with Gasteiger partial charge in [-0.2, -0.15) is 5.06 Å². The summed E-state index contributed by atoms with van der Waals surface area (Å²) in [5.41, 5.74) is 5.70. The summed E-state index contributed by atoms with van der Waals surface area (Å²) in [5, 5.41) is 18.9. The molecule has 10 atom stereocenters. The van der Waals surface area contributed by atoms with Gasteiger partial charge in [0.25, 0.3) is 23.6 Å². The molecule has 4 fully saturated rings. The van der Waals surface area contributed by atoms with Crippen molar-refractivity contribution in [1.82, 2.24) is 41.6 Å². The zero-order valence-corrected chi connectivity index (χ0v) is 35.7. The maximum Gasteiger partial charge on any atom is 0.331 e. The lowest BCUT2D eigenvalue weighted by atomic mass is 9.83. The number of nitrogens with one attached hydrogen (secondary N) is 4. The van der Waals surface area contributed by atoms with Gasteiger partial charge in [-0.1, -0.05) is 34.6 Å². The molecule has 10 unspecified atom stereocenters. The Balaban J connectivity index is 1.77. The number of carbonyl (C=O) groups is 8. The first-order chi connectivity index (χ1) is 27.7. The monoisotopic (exact) mass is 836 g/mol. The molecule has 4 saturated heterocycles. The van der Waals surface area contributed by atoms with Crippen LogP contribution in [0, 0.1) is 23.7 Å². The summed E-state index contributed by atoms with van der Waals surface area (Å²) >= 11 is 0. The van der Waals surface area contributed by atoms with Gasteiger partial charge in [-0.25, -0.2) is 20.7 Å². The SMILES string of the molecule is CC(=O)ON1C(=O)C2CCCNN2C(=O)C(NC(=O)C(C)C2CCC(CC(C)C)C(C)O2)C(C(C)C)OC(=O)C(C)N(O)C(=O)C2CCCNN2C(=O)CNC(=O)C1C. The Labute approximate surface area is 345 Å². The molecule has 0 aromatic rings. The lowest BCUT2D eigenvalue weighted by Crippen LogP contribution is -2.67. The largest absolute Gasteiger partial charge is 0.458 e. The van der Waals surface area contributed by atoms with Crippen molar-refractivity contribution < 1.29 is 57.9 Å². The minimum atomic E-state index is -1.65. The first-order valence-electron chi connectivity index (χ1n) is 20.8. The second-order valence-electron chi connectivity index (χ2n) is 16.9. The summed E-state index contributed by atoms with van der Waals surface area (Å²) < 4.78 is 12.3. The molecule has 6 amide bonds. The van der Waals surface area contributed by atoms with E-state index in [1.165, 1.54) is 13.8 Å². The van der Waals surface area contributed by atoms with E-state index < -0.39 is 108 Å². The molecule has 4 aliphatic rings. The summed E-state index contributed by atoms with van der Waals surface area (Å²) in [6.07, 6.45) is 1.29. The topological polar surface area (TPSA) is 246 Å². The van der Waals surface area contributed by atoms with Crippen LogP contribution in [0.2, 0.25) is 0 Å². The predicted octanol–water partition coefficient (Wildman–Crippen LogP) is 0.327. The number of esters is 1. The molecule has 0 spiro atoms. The molecule has 20 heteroatoms. The summed E-state index contributed by atoms with van der Waals surface area (Å²) in [6.45, 7) is 14.6. The van der Waals surface area contributed by atoms with E-state index >= 15 is 0 Å². The van der Waals surface area contributed by atoms with Crippen LogP contribution in [0.3, 0.4) is 0 Å². The minimum Gasteiger partial charge on any atom is -0.458 e. The first-order valence-corrected chi connectivity index (χ1v) is 20.8. The fourth-order valence-corrected chi connectivity index (χ4v) is 8.04. The highest BCUT2D eigenvalue weighted by Gasteiger charge is 2.47. The molecule has 4 heterocycles. The van der Waals surface area contributed by atoms with Crippen molar-refractivity contribution in [3.63, 3.8) is 0 Å². The number of carbonyl (C=O) groups excluding carboxylic acids is 8. The molecular weight excluding hydrogens is 772 g/mol. The van der Waals surface area contributed by atoms with Crippen LogP contribution in [0.25, 0.3) is 0 Å². The highest BCUT2D eigenvalue weighted by molar-refractivity contribution is 5.96. The molecule has 20 nitrogen and oxygen atoms in total. The van der Waals surface area contributed by atoms with Crippen LogP contribution in [0.1, 0.15) is 107 Å². The summed E-state index contributed by atoms with van der Waals surface area (Å²) in [7, 11) is 0. The molecule has 5 N–H and O–H groups in total. The van der Waals surface area contributed by atoms with Crippen molar-refractivity contribution in [3.8, 4) is 0 Å². The van der Waals surface area contributed by atoms with E-state index in [1.807, 2.05) is 6.92 Å². The molecule has 0 radical (unpaired) electrons. The number of hydrazine groups is 2. The van der Waals surface area contributed by atoms with Crippen LogP contribution in [0.15, 0.2) is 0 Å². The first kappa shape index (κ1) is 47.3. The number of amides is 6. The third-order valence-corrected chi connectivity index (χ3v) is 11.5. The molecule has 59 heavy (non-hydrogen) atoms. The van der Waals surface area contributed by atoms with Crippen molar-refractivity contribution in [2.75, 3.05) is 19.6 Å². The Morgan fingerprint density at radius 2 is 1.46 bits per heavy atom. The molecule has 0 bridgehead atoms. The van der Waals surface area contributed by atoms with Gasteiger partial charge in [0, 0.05) is 20.0 Å². The molecule has 0 aromatic heterocycles. The van der Waals surface area contributed by atoms with Crippen LogP contribution < -0.4 is 21.5 Å². The van der Waals surface area contributed by atoms with Crippen molar-refractivity contribution in [3.05, 3.63) is 0 Å². The molecule has 0 saturated carbocycles. The Bertz CT molecular complexity index is 1580. The number of cyclic esters (lactones) is 1. The van der Waals surface area contributed by atoms with Crippen molar-refractivity contribution in [2.24, 2.45) is 23.7 Å². The second-order valence-corrected chi connectivity index (χ2v) is 16.9. The highest BCUT2D eigenvalue weighted by atomic mass is 16.7. The van der Waals surface area contributed by atoms with Gasteiger partial charge >= 0.3 is 11.9 Å².